The number of carbonyl (C=O) groups excluding carboxylic acids is 2. The van der Waals surface area contributed by atoms with Gasteiger partial charge in [0.2, 0.25) is 0 Å². The Labute approximate surface area is 163 Å². The lowest BCUT2D eigenvalue weighted by Gasteiger charge is -2.08. The monoisotopic (exact) mass is 384 g/mol. The first-order chi connectivity index (χ1) is 13.5. The third-order valence-electron chi connectivity index (χ3n) is 3.91. The molecule has 0 spiro atoms. The number of carbonyl (C=O) groups is 3. The molecule has 0 radical (unpaired) electrons. The summed E-state index contributed by atoms with van der Waals surface area (Å²) >= 11 is 0. The Kier molecular flexibility index (Phi) is 8.02. The van der Waals surface area contributed by atoms with Crippen LogP contribution in [0.5, 0.6) is 5.75 Å². The van der Waals surface area contributed by atoms with Crippen molar-refractivity contribution in [2.45, 2.75) is 19.8 Å². The normalized spacial score (nSPS) is 10.2. The fraction of sp³-hybridized carbons (Fsp3) is 0.286. The second-order valence-electron chi connectivity index (χ2n) is 6.17. The molecule has 28 heavy (non-hydrogen) atoms. The van der Waals surface area contributed by atoms with E-state index in [0.29, 0.717) is 36.4 Å². The van der Waals surface area contributed by atoms with Gasteiger partial charge in [0.05, 0.1) is 0 Å². The molecule has 0 aliphatic heterocycles. The van der Waals surface area contributed by atoms with Crippen LogP contribution in [-0.2, 0) is 11.2 Å². The van der Waals surface area contributed by atoms with Crippen molar-refractivity contribution in [3.8, 4) is 5.75 Å². The molecule has 3 N–H and O–H groups in total. The minimum Gasteiger partial charge on any atom is -0.482 e. The first-order valence-corrected chi connectivity index (χ1v) is 9.09. The number of hydrogen-bond donors (Lipinski definition) is 3. The highest BCUT2D eigenvalue weighted by Crippen LogP contribution is 2.12. The molecule has 0 fully saturated rings. The Balaban J connectivity index is 1.83. The first-order valence-electron chi connectivity index (χ1n) is 9.09. The largest absolute Gasteiger partial charge is 0.482 e. The lowest BCUT2D eigenvalue weighted by molar-refractivity contribution is -0.139. The number of carboxylic acids is 1. The van der Waals surface area contributed by atoms with Crippen molar-refractivity contribution in [2.75, 3.05) is 19.7 Å². The Morgan fingerprint density at radius 3 is 2.11 bits per heavy atom. The van der Waals surface area contributed by atoms with Gasteiger partial charge in [0.15, 0.2) is 6.61 Å². The average Bonchev–Trinajstić information content (AvgIpc) is 2.71. The van der Waals surface area contributed by atoms with Crippen molar-refractivity contribution < 1.29 is 24.2 Å². The van der Waals surface area contributed by atoms with Gasteiger partial charge in [-0.1, -0.05) is 25.1 Å². The fourth-order valence-corrected chi connectivity index (χ4v) is 2.46. The van der Waals surface area contributed by atoms with Gasteiger partial charge in [0.1, 0.15) is 5.75 Å². The minimum absolute atomic E-state index is 0.193. The topological polar surface area (TPSA) is 105 Å². The molecule has 0 aromatic heterocycles. The maximum atomic E-state index is 12.3. The number of amides is 2. The Hall–Kier alpha value is -3.35. The van der Waals surface area contributed by atoms with Gasteiger partial charge >= 0.3 is 5.97 Å². The quantitative estimate of drug-likeness (QED) is 0.583. The zero-order valence-electron chi connectivity index (χ0n) is 15.7. The van der Waals surface area contributed by atoms with Crippen molar-refractivity contribution in [3.05, 3.63) is 65.2 Å². The van der Waals surface area contributed by atoms with Crippen LogP contribution < -0.4 is 15.4 Å². The summed E-state index contributed by atoms with van der Waals surface area (Å²) < 4.78 is 5.08. The molecule has 2 amide bonds. The second kappa shape index (κ2) is 10.7. The van der Waals surface area contributed by atoms with Gasteiger partial charge in [-0.25, -0.2) is 4.79 Å². The highest BCUT2D eigenvalue weighted by molar-refractivity contribution is 5.99. The van der Waals surface area contributed by atoms with E-state index >= 15 is 0 Å². The molecule has 0 saturated heterocycles. The predicted octanol–water partition coefficient (Wildman–Crippen LogP) is 2.26. The highest BCUT2D eigenvalue weighted by atomic mass is 16.5. The number of rotatable bonds is 10. The molecule has 148 valence electrons. The van der Waals surface area contributed by atoms with Crippen LogP contribution in [0.1, 0.15) is 39.6 Å². The Morgan fingerprint density at radius 2 is 1.54 bits per heavy atom. The molecule has 0 heterocycles. The van der Waals surface area contributed by atoms with Gasteiger partial charge < -0.3 is 20.5 Å². The second-order valence-corrected chi connectivity index (χ2v) is 6.17. The van der Waals surface area contributed by atoms with E-state index in [2.05, 4.69) is 10.6 Å². The van der Waals surface area contributed by atoms with Crippen LogP contribution in [0.15, 0.2) is 48.5 Å². The summed E-state index contributed by atoms with van der Waals surface area (Å²) in [4.78, 5) is 34.8. The maximum absolute atomic E-state index is 12.3. The van der Waals surface area contributed by atoms with Crippen LogP contribution in [0.25, 0.3) is 0 Å². The van der Waals surface area contributed by atoms with E-state index in [1.165, 1.54) is 0 Å². The van der Waals surface area contributed by atoms with E-state index in [9.17, 15) is 14.4 Å². The van der Waals surface area contributed by atoms with E-state index in [1.54, 1.807) is 36.4 Å². The zero-order valence-corrected chi connectivity index (χ0v) is 15.7. The first kappa shape index (κ1) is 21.0. The molecule has 2 aromatic carbocycles. The highest BCUT2D eigenvalue weighted by Gasteiger charge is 2.10. The molecule has 2 rings (SSSR count). The lowest BCUT2D eigenvalue weighted by atomic mass is 10.1. The summed E-state index contributed by atoms with van der Waals surface area (Å²) in [5.74, 6) is -0.986. The van der Waals surface area contributed by atoms with Crippen LogP contribution in [0, 0.1) is 0 Å². The third-order valence-corrected chi connectivity index (χ3v) is 3.91. The van der Waals surface area contributed by atoms with Gasteiger partial charge in [0, 0.05) is 24.2 Å². The number of benzene rings is 2. The van der Waals surface area contributed by atoms with E-state index in [1.807, 2.05) is 19.1 Å². The summed E-state index contributed by atoms with van der Waals surface area (Å²) in [5, 5.41) is 14.2. The molecule has 0 atom stereocenters. The van der Waals surface area contributed by atoms with Crippen molar-refractivity contribution in [3.63, 3.8) is 0 Å². The molecular formula is C21H24N2O5. The van der Waals surface area contributed by atoms with Gasteiger partial charge in [-0.15, -0.1) is 0 Å². The van der Waals surface area contributed by atoms with E-state index in [-0.39, 0.29) is 18.4 Å². The molecular weight excluding hydrogens is 360 g/mol. The summed E-state index contributed by atoms with van der Waals surface area (Å²) in [5.41, 5.74) is 1.87. The molecule has 0 saturated carbocycles. The number of carboxylic acid groups (broad SMARTS) is 1. The molecule has 0 unspecified atom stereocenters. The molecule has 2 aromatic rings. The third kappa shape index (κ3) is 6.75. The van der Waals surface area contributed by atoms with Crippen LogP contribution in [0.2, 0.25) is 0 Å². The lowest BCUT2D eigenvalue weighted by Crippen LogP contribution is -2.27. The van der Waals surface area contributed by atoms with Crippen molar-refractivity contribution >= 4 is 17.8 Å². The molecule has 0 aliphatic rings. The predicted molar refractivity (Wildman–Crippen MR) is 105 cm³/mol. The van der Waals surface area contributed by atoms with Gasteiger partial charge in [-0.05, 0) is 48.7 Å². The van der Waals surface area contributed by atoms with E-state index < -0.39 is 5.97 Å². The van der Waals surface area contributed by atoms with Crippen LogP contribution in [-0.4, -0.2) is 42.6 Å². The number of aliphatic carboxylic acids is 1. The summed E-state index contributed by atoms with van der Waals surface area (Å²) in [6.45, 7) is 2.61. The van der Waals surface area contributed by atoms with E-state index in [0.717, 1.165) is 12.0 Å². The standard InChI is InChI=1S/C21H24N2O5/c1-2-11-22-20(26)16-4-3-5-17(13-16)21(27)23-12-10-15-6-8-18(9-7-15)28-14-19(24)25/h3-9,13H,2,10-12,14H2,1H3,(H,22,26)(H,23,27)(H,24,25). The Morgan fingerprint density at radius 1 is 0.929 bits per heavy atom. The average molecular weight is 384 g/mol. The summed E-state index contributed by atoms with van der Waals surface area (Å²) in [7, 11) is 0. The van der Waals surface area contributed by atoms with Gasteiger partial charge in [-0.3, -0.25) is 9.59 Å². The van der Waals surface area contributed by atoms with Gasteiger partial charge in [-0.2, -0.15) is 0 Å². The van der Waals surface area contributed by atoms with E-state index in [4.69, 9.17) is 9.84 Å². The molecule has 0 aliphatic carbocycles. The molecule has 7 heteroatoms. The number of hydrogen-bond acceptors (Lipinski definition) is 4. The minimum atomic E-state index is -1.03. The maximum Gasteiger partial charge on any atom is 0.341 e. The van der Waals surface area contributed by atoms with Crippen molar-refractivity contribution in [1.29, 1.82) is 0 Å². The van der Waals surface area contributed by atoms with Crippen molar-refractivity contribution in [2.24, 2.45) is 0 Å². The Bertz CT molecular complexity index is 818. The fourth-order valence-electron chi connectivity index (χ4n) is 2.46. The summed E-state index contributed by atoms with van der Waals surface area (Å²) in [6.07, 6.45) is 1.46. The molecule has 0 bridgehead atoms. The molecule has 7 nitrogen and oxygen atoms in total. The smallest absolute Gasteiger partial charge is 0.341 e. The van der Waals surface area contributed by atoms with Crippen LogP contribution in [0.4, 0.5) is 0 Å². The number of nitrogens with one attached hydrogen (secondary N) is 2. The zero-order chi connectivity index (χ0) is 20.4. The van der Waals surface area contributed by atoms with Crippen LogP contribution >= 0.6 is 0 Å². The summed E-state index contributed by atoms with van der Waals surface area (Å²) in [6, 6.07) is 13.6. The van der Waals surface area contributed by atoms with Crippen molar-refractivity contribution in [1.82, 2.24) is 10.6 Å². The SMILES string of the molecule is CCCNC(=O)c1cccc(C(=O)NCCc2ccc(OCC(=O)O)cc2)c1. The van der Waals surface area contributed by atoms with Gasteiger partial charge in [0.25, 0.3) is 11.8 Å². The van der Waals surface area contributed by atoms with Crippen LogP contribution in [0.3, 0.4) is 0 Å². The number of ether oxygens (including phenoxy) is 1.